The molecule has 1 saturated heterocycles. The summed E-state index contributed by atoms with van der Waals surface area (Å²) in [4.78, 5) is 23.8. The fraction of sp³-hybridized carbons (Fsp3) is 0.296. The first kappa shape index (κ1) is 23.9. The summed E-state index contributed by atoms with van der Waals surface area (Å²) in [5.74, 6) is -0.158. The molecule has 1 unspecified atom stereocenters. The molecule has 0 saturated carbocycles. The van der Waals surface area contributed by atoms with Crippen LogP contribution in [0.3, 0.4) is 0 Å². The van der Waals surface area contributed by atoms with E-state index in [1.165, 1.54) is 0 Å². The Kier molecular flexibility index (Phi) is 7.35. The molecule has 0 bridgehead atoms. The number of aromatic nitrogens is 2. The molecule has 2 heterocycles. The van der Waals surface area contributed by atoms with E-state index in [1.54, 1.807) is 48.8 Å². The molecule has 2 atom stereocenters. The molecule has 1 fully saturated rings. The summed E-state index contributed by atoms with van der Waals surface area (Å²) >= 11 is 0. The Morgan fingerprint density at radius 3 is 2.17 bits per heavy atom. The quantitative estimate of drug-likeness (QED) is 0.566. The van der Waals surface area contributed by atoms with Crippen molar-refractivity contribution in [2.45, 2.75) is 38.5 Å². The molecule has 0 aliphatic carbocycles. The van der Waals surface area contributed by atoms with Crippen LogP contribution in [0.1, 0.15) is 58.9 Å². The number of carbonyl (C=O) groups excluding carboxylic acids is 1. The molecule has 8 heteroatoms. The van der Waals surface area contributed by atoms with Gasteiger partial charge < -0.3 is 10.1 Å². The average molecular weight is 467 g/mol. The van der Waals surface area contributed by atoms with Crippen molar-refractivity contribution in [2.24, 2.45) is 0 Å². The zero-order chi connectivity index (χ0) is 24.8. The summed E-state index contributed by atoms with van der Waals surface area (Å²) in [5.41, 5.74) is 3.57. The van der Waals surface area contributed by atoms with E-state index in [0.717, 1.165) is 24.1 Å². The van der Waals surface area contributed by atoms with Crippen molar-refractivity contribution in [1.82, 2.24) is 20.2 Å². The number of amides is 1. The summed E-state index contributed by atoms with van der Waals surface area (Å²) in [6.45, 7) is 5.27. The van der Waals surface area contributed by atoms with Crippen molar-refractivity contribution in [2.75, 3.05) is 13.1 Å². The second kappa shape index (κ2) is 10.8. The van der Waals surface area contributed by atoms with Crippen LogP contribution in [-0.2, 0) is 0 Å². The molecule has 1 aliphatic heterocycles. The Morgan fingerprint density at radius 1 is 1.00 bits per heavy atom. The minimum atomic E-state index is -0.158. The van der Waals surface area contributed by atoms with E-state index in [1.807, 2.05) is 26.0 Å². The number of carbonyl (C=O) groups is 1. The minimum Gasteiger partial charge on any atom is -0.461 e. The molecular weight excluding hydrogens is 440 g/mol. The van der Waals surface area contributed by atoms with Gasteiger partial charge in [-0.25, -0.2) is 9.97 Å². The predicted molar refractivity (Wildman–Crippen MR) is 129 cm³/mol. The Morgan fingerprint density at radius 2 is 1.60 bits per heavy atom. The zero-order valence-electron chi connectivity index (χ0n) is 19.7. The molecule has 3 aromatic rings. The molecule has 1 amide bonds. The van der Waals surface area contributed by atoms with Gasteiger partial charge in [0.05, 0.1) is 35.4 Å². The van der Waals surface area contributed by atoms with Crippen molar-refractivity contribution in [1.29, 1.82) is 10.5 Å². The smallest absolute Gasteiger partial charge is 0.316 e. The molecule has 0 spiro atoms. The molecule has 4 rings (SSSR count). The maximum absolute atomic E-state index is 12.7. The lowest BCUT2D eigenvalue weighted by atomic mass is 9.98. The summed E-state index contributed by atoms with van der Waals surface area (Å²) in [6.07, 6.45) is 4.32. The van der Waals surface area contributed by atoms with Crippen LogP contribution in [0.15, 0.2) is 60.9 Å². The summed E-state index contributed by atoms with van der Waals surface area (Å²) in [7, 11) is 0. The van der Waals surface area contributed by atoms with E-state index in [9.17, 15) is 10.1 Å². The predicted octanol–water partition coefficient (Wildman–Crippen LogP) is 3.60. The summed E-state index contributed by atoms with van der Waals surface area (Å²) < 4.78 is 5.59. The fourth-order valence-corrected chi connectivity index (χ4v) is 4.20. The van der Waals surface area contributed by atoms with Gasteiger partial charge in [0.2, 0.25) is 0 Å². The fourth-order valence-electron chi connectivity index (χ4n) is 4.20. The maximum Gasteiger partial charge on any atom is 0.316 e. The highest BCUT2D eigenvalue weighted by atomic mass is 16.5. The van der Waals surface area contributed by atoms with Crippen molar-refractivity contribution in [3.8, 4) is 18.1 Å². The highest BCUT2D eigenvalue weighted by molar-refractivity contribution is 5.94. The van der Waals surface area contributed by atoms with Crippen molar-refractivity contribution in [3.05, 3.63) is 88.7 Å². The van der Waals surface area contributed by atoms with E-state index in [-0.39, 0.29) is 24.1 Å². The van der Waals surface area contributed by atoms with E-state index in [0.29, 0.717) is 29.2 Å². The first-order valence-electron chi connectivity index (χ1n) is 11.5. The molecule has 1 aliphatic rings. The van der Waals surface area contributed by atoms with Crippen LogP contribution in [0.4, 0.5) is 0 Å². The minimum absolute atomic E-state index is 0.0192. The second-order valence-corrected chi connectivity index (χ2v) is 8.75. The lowest BCUT2D eigenvalue weighted by molar-refractivity contribution is 0.0937. The highest BCUT2D eigenvalue weighted by Gasteiger charge is 2.31. The van der Waals surface area contributed by atoms with E-state index in [2.05, 4.69) is 32.3 Å². The van der Waals surface area contributed by atoms with Crippen LogP contribution >= 0.6 is 0 Å². The molecule has 1 N–H and O–H groups in total. The average Bonchev–Trinajstić information content (AvgIpc) is 3.33. The van der Waals surface area contributed by atoms with Gasteiger partial charge in [-0.2, -0.15) is 10.5 Å². The lowest BCUT2D eigenvalue weighted by Crippen LogP contribution is -2.38. The SMILES string of the molecule is CC(C)Oc1ncc(C(c2ccc(C#N)cc2)N2CC[C@@H](NC(=O)c3ccc(C#N)cc3)C2)cn1. The second-order valence-electron chi connectivity index (χ2n) is 8.75. The molecule has 35 heavy (non-hydrogen) atoms. The van der Waals surface area contributed by atoms with E-state index >= 15 is 0 Å². The Balaban J connectivity index is 1.52. The maximum atomic E-state index is 12.7. The van der Waals surface area contributed by atoms with Gasteiger partial charge in [0.15, 0.2) is 0 Å². The molecule has 1 aromatic heterocycles. The summed E-state index contributed by atoms with van der Waals surface area (Å²) in [5, 5.41) is 21.3. The van der Waals surface area contributed by atoms with Gasteiger partial charge in [0, 0.05) is 42.7 Å². The van der Waals surface area contributed by atoms with Crippen molar-refractivity contribution >= 4 is 5.91 Å². The first-order chi connectivity index (χ1) is 17.0. The number of nitrogens with zero attached hydrogens (tertiary/aromatic N) is 5. The molecule has 0 radical (unpaired) electrons. The van der Waals surface area contributed by atoms with Gasteiger partial charge in [-0.15, -0.1) is 0 Å². The highest BCUT2D eigenvalue weighted by Crippen LogP contribution is 2.32. The van der Waals surface area contributed by atoms with Gasteiger partial charge in [-0.1, -0.05) is 12.1 Å². The topological polar surface area (TPSA) is 115 Å². The molecule has 2 aromatic carbocycles. The Hall–Kier alpha value is -4.27. The van der Waals surface area contributed by atoms with Crippen LogP contribution in [0.25, 0.3) is 0 Å². The van der Waals surface area contributed by atoms with E-state index in [4.69, 9.17) is 10.00 Å². The normalized spacial score (nSPS) is 16.3. The third-order valence-corrected chi connectivity index (χ3v) is 5.86. The number of nitrogens with one attached hydrogen (secondary N) is 1. The Bertz CT molecular complexity index is 1240. The molecular formula is C27H26N6O2. The number of benzene rings is 2. The largest absolute Gasteiger partial charge is 0.461 e. The lowest BCUT2D eigenvalue weighted by Gasteiger charge is -2.28. The third-order valence-electron chi connectivity index (χ3n) is 5.86. The van der Waals surface area contributed by atoms with E-state index < -0.39 is 0 Å². The number of hydrogen-bond acceptors (Lipinski definition) is 7. The zero-order valence-corrected chi connectivity index (χ0v) is 19.7. The molecule has 8 nitrogen and oxygen atoms in total. The molecule has 176 valence electrons. The van der Waals surface area contributed by atoms with Crippen molar-refractivity contribution in [3.63, 3.8) is 0 Å². The van der Waals surface area contributed by atoms with Crippen LogP contribution in [0.2, 0.25) is 0 Å². The van der Waals surface area contributed by atoms with Crippen LogP contribution in [-0.4, -0.2) is 46.0 Å². The van der Waals surface area contributed by atoms with Crippen LogP contribution in [0, 0.1) is 22.7 Å². The standard InChI is InChI=1S/C27H26N6O2/c1-18(2)35-27-30-15-23(16-31-27)25(21-7-3-19(13-28)4-8-21)33-12-11-24(17-33)32-26(34)22-9-5-20(14-29)6-10-22/h3-10,15-16,18,24-25H,11-12,17H2,1-2H3,(H,32,34)/t24-,25?/m1/s1. The summed E-state index contributed by atoms with van der Waals surface area (Å²) in [6, 6.07) is 18.5. The monoisotopic (exact) mass is 466 g/mol. The first-order valence-corrected chi connectivity index (χ1v) is 11.5. The van der Waals surface area contributed by atoms with Gasteiger partial charge >= 0.3 is 6.01 Å². The number of hydrogen-bond donors (Lipinski definition) is 1. The van der Waals surface area contributed by atoms with Gasteiger partial charge in [-0.05, 0) is 62.2 Å². The Labute approximate surface area is 204 Å². The number of likely N-dealkylation sites (tertiary alicyclic amines) is 1. The van der Waals surface area contributed by atoms with Crippen LogP contribution < -0.4 is 10.1 Å². The van der Waals surface area contributed by atoms with Crippen LogP contribution in [0.5, 0.6) is 6.01 Å². The van der Waals surface area contributed by atoms with Crippen molar-refractivity contribution < 1.29 is 9.53 Å². The number of nitriles is 2. The van der Waals surface area contributed by atoms with Gasteiger partial charge in [0.25, 0.3) is 5.91 Å². The third kappa shape index (κ3) is 5.81. The number of ether oxygens (including phenoxy) is 1. The van der Waals surface area contributed by atoms with Gasteiger partial charge in [0.1, 0.15) is 0 Å². The number of rotatable bonds is 7. The van der Waals surface area contributed by atoms with Gasteiger partial charge in [-0.3, -0.25) is 9.69 Å².